The Bertz CT molecular complexity index is 435. The number of alkyl carbamates (subject to hydrolysis) is 1. The molecule has 1 aliphatic rings. The molecular formula is C18H35N3O3. The van der Waals surface area contributed by atoms with E-state index < -0.39 is 5.60 Å². The molecule has 0 aromatic heterocycles. The highest BCUT2D eigenvalue weighted by molar-refractivity contribution is 5.82. The van der Waals surface area contributed by atoms with Gasteiger partial charge in [0.25, 0.3) is 0 Å². The smallest absolute Gasteiger partial charge is 0.407 e. The summed E-state index contributed by atoms with van der Waals surface area (Å²) < 4.78 is 5.29. The molecular weight excluding hydrogens is 306 g/mol. The molecule has 1 rings (SSSR count). The molecule has 0 aromatic carbocycles. The zero-order valence-corrected chi connectivity index (χ0v) is 16.4. The molecule has 1 heterocycles. The quantitative estimate of drug-likeness (QED) is 0.806. The topological polar surface area (TPSA) is 70.7 Å². The summed E-state index contributed by atoms with van der Waals surface area (Å²) in [5.74, 6) is 0.0698. The Hall–Kier alpha value is -1.30. The highest BCUT2D eigenvalue weighted by Crippen LogP contribution is 2.16. The lowest BCUT2D eigenvalue weighted by Gasteiger charge is -2.37. The Morgan fingerprint density at radius 3 is 2.17 bits per heavy atom. The molecule has 24 heavy (non-hydrogen) atoms. The van der Waals surface area contributed by atoms with E-state index >= 15 is 0 Å². The van der Waals surface area contributed by atoms with Gasteiger partial charge in [0.15, 0.2) is 0 Å². The molecule has 6 nitrogen and oxygen atoms in total. The van der Waals surface area contributed by atoms with Crippen molar-refractivity contribution in [1.29, 1.82) is 0 Å². The second-order valence-electron chi connectivity index (χ2n) is 8.36. The van der Waals surface area contributed by atoms with Crippen LogP contribution in [0.2, 0.25) is 0 Å². The van der Waals surface area contributed by atoms with Gasteiger partial charge in [-0.1, -0.05) is 6.92 Å². The molecule has 2 amide bonds. The van der Waals surface area contributed by atoms with Crippen LogP contribution in [0, 0.1) is 0 Å². The van der Waals surface area contributed by atoms with E-state index in [2.05, 4.69) is 22.5 Å². The Kier molecular flexibility index (Phi) is 7.08. The van der Waals surface area contributed by atoms with Gasteiger partial charge >= 0.3 is 6.09 Å². The van der Waals surface area contributed by atoms with Gasteiger partial charge in [0.1, 0.15) is 5.60 Å². The number of likely N-dealkylation sites (tertiary alicyclic amines) is 1. The number of carbonyl (C=O) groups excluding carboxylic acids is 2. The molecule has 0 radical (unpaired) electrons. The van der Waals surface area contributed by atoms with Crippen LogP contribution >= 0.6 is 0 Å². The lowest BCUT2D eigenvalue weighted by Crippen LogP contribution is -2.55. The molecule has 0 spiro atoms. The van der Waals surface area contributed by atoms with Crippen LogP contribution in [-0.2, 0) is 9.53 Å². The average molecular weight is 341 g/mol. The number of nitrogens with one attached hydrogen (secondary N) is 2. The van der Waals surface area contributed by atoms with E-state index in [1.54, 1.807) is 0 Å². The number of hydrogen-bond donors (Lipinski definition) is 2. The minimum atomic E-state index is -0.483. The molecule has 1 atom stereocenters. The van der Waals surface area contributed by atoms with Gasteiger partial charge in [-0.05, 0) is 60.8 Å². The van der Waals surface area contributed by atoms with E-state index in [4.69, 9.17) is 4.74 Å². The number of ether oxygens (including phenoxy) is 1. The van der Waals surface area contributed by atoms with Crippen LogP contribution in [0.3, 0.4) is 0 Å². The van der Waals surface area contributed by atoms with Gasteiger partial charge in [-0.15, -0.1) is 0 Å². The first-order valence-corrected chi connectivity index (χ1v) is 8.99. The number of hydrogen-bond acceptors (Lipinski definition) is 4. The van der Waals surface area contributed by atoms with E-state index in [9.17, 15) is 9.59 Å². The third-order valence-electron chi connectivity index (χ3n) is 4.52. The lowest BCUT2D eigenvalue weighted by atomic mass is 10.00. The van der Waals surface area contributed by atoms with E-state index in [0.29, 0.717) is 0 Å². The van der Waals surface area contributed by atoms with Crippen molar-refractivity contribution >= 4 is 12.0 Å². The van der Waals surface area contributed by atoms with Crippen molar-refractivity contribution in [3.05, 3.63) is 0 Å². The van der Waals surface area contributed by atoms with Crippen LogP contribution in [0.25, 0.3) is 0 Å². The summed E-state index contributed by atoms with van der Waals surface area (Å²) in [7, 11) is 0. The fraction of sp³-hybridized carbons (Fsp3) is 0.889. The standard InChI is InChI=1S/C18H35N3O3/c1-8-18(6,7)20-15(22)13(2)21-11-9-14(10-12-21)19-16(23)24-17(3,4)5/h13-14H,8-12H2,1-7H3,(H,19,23)(H,20,22). The van der Waals surface area contributed by atoms with Crippen molar-refractivity contribution in [2.45, 2.75) is 91.0 Å². The van der Waals surface area contributed by atoms with Gasteiger partial charge in [-0.2, -0.15) is 0 Å². The molecule has 1 unspecified atom stereocenters. The van der Waals surface area contributed by atoms with E-state index in [1.165, 1.54) is 0 Å². The molecule has 1 saturated heterocycles. The molecule has 1 aliphatic heterocycles. The SMILES string of the molecule is CCC(C)(C)NC(=O)C(C)N1CCC(NC(=O)OC(C)(C)C)CC1. The highest BCUT2D eigenvalue weighted by Gasteiger charge is 2.30. The zero-order chi connectivity index (χ0) is 18.5. The number of carbonyl (C=O) groups is 2. The third-order valence-corrected chi connectivity index (χ3v) is 4.52. The van der Waals surface area contributed by atoms with Crippen molar-refractivity contribution in [3.8, 4) is 0 Å². The fourth-order valence-corrected chi connectivity index (χ4v) is 2.60. The number of amides is 2. The van der Waals surface area contributed by atoms with Crippen LogP contribution in [0.1, 0.15) is 67.7 Å². The summed E-state index contributed by atoms with van der Waals surface area (Å²) in [6.45, 7) is 15.2. The van der Waals surface area contributed by atoms with Crippen LogP contribution < -0.4 is 10.6 Å². The predicted molar refractivity (Wildman–Crippen MR) is 95.9 cm³/mol. The molecule has 0 aliphatic carbocycles. The molecule has 6 heteroatoms. The maximum atomic E-state index is 12.4. The Morgan fingerprint density at radius 1 is 1.17 bits per heavy atom. The van der Waals surface area contributed by atoms with Crippen molar-refractivity contribution < 1.29 is 14.3 Å². The lowest BCUT2D eigenvalue weighted by molar-refractivity contribution is -0.128. The molecule has 0 bridgehead atoms. The summed E-state index contributed by atoms with van der Waals surface area (Å²) >= 11 is 0. The van der Waals surface area contributed by atoms with Gasteiger partial charge in [-0.3, -0.25) is 9.69 Å². The van der Waals surface area contributed by atoms with E-state index in [1.807, 2.05) is 41.5 Å². The predicted octanol–water partition coefficient (Wildman–Crippen LogP) is 2.67. The maximum Gasteiger partial charge on any atom is 0.407 e. The Labute approximate surface area is 146 Å². The van der Waals surface area contributed by atoms with E-state index in [0.717, 1.165) is 32.4 Å². The first-order valence-electron chi connectivity index (χ1n) is 8.99. The van der Waals surface area contributed by atoms with Crippen molar-refractivity contribution in [2.24, 2.45) is 0 Å². The zero-order valence-electron chi connectivity index (χ0n) is 16.4. The molecule has 0 aromatic rings. The minimum absolute atomic E-state index is 0.0698. The monoisotopic (exact) mass is 341 g/mol. The van der Waals surface area contributed by atoms with Gasteiger partial charge in [0.05, 0.1) is 6.04 Å². The number of piperidine rings is 1. The first kappa shape index (κ1) is 20.7. The second kappa shape index (κ2) is 8.19. The van der Waals surface area contributed by atoms with Crippen LogP contribution in [0.5, 0.6) is 0 Å². The van der Waals surface area contributed by atoms with Gasteiger partial charge < -0.3 is 15.4 Å². The summed E-state index contributed by atoms with van der Waals surface area (Å²) in [6.07, 6.45) is 2.19. The highest BCUT2D eigenvalue weighted by atomic mass is 16.6. The van der Waals surface area contributed by atoms with Gasteiger partial charge in [-0.25, -0.2) is 4.79 Å². The fourth-order valence-electron chi connectivity index (χ4n) is 2.60. The Morgan fingerprint density at radius 2 is 1.71 bits per heavy atom. The van der Waals surface area contributed by atoms with Crippen molar-refractivity contribution in [2.75, 3.05) is 13.1 Å². The first-order chi connectivity index (χ1) is 10.9. The normalized spacial score (nSPS) is 18.8. The molecule has 1 fully saturated rings. The van der Waals surface area contributed by atoms with Crippen molar-refractivity contribution in [1.82, 2.24) is 15.5 Å². The summed E-state index contributed by atoms with van der Waals surface area (Å²) in [6, 6.07) is -0.0447. The van der Waals surface area contributed by atoms with Crippen LogP contribution in [0.15, 0.2) is 0 Å². The third kappa shape index (κ3) is 7.07. The number of rotatable bonds is 5. The van der Waals surface area contributed by atoms with E-state index in [-0.39, 0.29) is 29.6 Å². The average Bonchev–Trinajstić information content (AvgIpc) is 2.44. The van der Waals surface area contributed by atoms with Gasteiger partial charge in [0.2, 0.25) is 5.91 Å². The van der Waals surface area contributed by atoms with Gasteiger partial charge in [0, 0.05) is 24.7 Å². The summed E-state index contributed by atoms with van der Waals surface area (Å²) in [4.78, 5) is 26.4. The molecule has 140 valence electrons. The molecule has 2 N–H and O–H groups in total. The van der Waals surface area contributed by atoms with Crippen molar-refractivity contribution in [3.63, 3.8) is 0 Å². The maximum absolute atomic E-state index is 12.4. The van der Waals surface area contributed by atoms with Crippen LogP contribution in [0.4, 0.5) is 4.79 Å². The number of nitrogens with zero attached hydrogens (tertiary/aromatic N) is 1. The molecule has 0 saturated carbocycles. The largest absolute Gasteiger partial charge is 0.444 e. The summed E-state index contributed by atoms with van der Waals surface area (Å²) in [5.41, 5.74) is -0.661. The second-order valence-corrected chi connectivity index (χ2v) is 8.36. The Balaban J connectivity index is 2.42. The van der Waals surface area contributed by atoms with Crippen LogP contribution in [-0.4, -0.2) is 53.2 Å². The summed E-state index contributed by atoms with van der Waals surface area (Å²) in [5, 5.41) is 6.02. The minimum Gasteiger partial charge on any atom is -0.444 e.